The first-order valence-electron chi connectivity index (χ1n) is 3.95. The van der Waals surface area contributed by atoms with Crippen molar-refractivity contribution in [1.82, 2.24) is 0 Å². The Kier molecular flexibility index (Phi) is 3.61. The molecule has 1 aromatic carbocycles. The number of hydrogen-bond acceptors (Lipinski definition) is 0. The van der Waals surface area contributed by atoms with Crippen molar-refractivity contribution in [3.8, 4) is 9.85 Å². The summed E-state index contributed by atoms with van der Waals surface area (Å²) in [5, 5.41) is 0. The molecule has 0 heterocycles. The normalized spacial score (nSPS) is 9.33. The van der Waals surface area contributed by atoms with Crippen LogP contribution < -0.4 is 0 Å². The van der Waals surface area contributed by atoms with Crippen LogP contribution in [0.25, 0.3) is 0 Å². The van der Waals surface area contributed by atoms with E-state index in [1.807, 2.05) is 0 Å². The third-order valence-electron chi connectivity index (χ3n) is 1.77. The summed E-state index contributed by atoms with van der Waals surface area (Å²) < 4.78 is 2.85. The minimum Gasteiger partial charge on any atom is -0.0587 e. The van der Waals surface area contributed by atoms with Crippen LogP contribution in [0.4, 0.5) is 0 Å². The lowest BCUT2D eigenvalue weighted by molar-refractivity contribution is 0.866. The maximum atomic E-state index is 3.01. The summed E-state index contributed by atoms with van der Waals surface area (Å²) in [5.74, 6) is 3.61. The van der Waals surface area contributed by atoms with Crippen molar-refractivity contribution in [2.75, 3.05) is 0 Å². The molecular formula is C11H11I. The highest BCUT2D eigenvalue weighted by molar-refractivity contribution is 14.1. The van der Waals surface area contributed by atoms with Crippen molar-refractivity contribution >= 4 is 22.6 Å². The maximum absolute atomic E-state index is 3.01. The molecule has 0 aliphatic carbocycles. The molecular weight excluding hydrogens is 259 g/mol. The van der Waals surface area contributed by atoms with Gasteiger partial charge in [-0.2, -0.15) is 0 Å². The highest BCUT2D eigenvalue weighted by Gasteiger charge is 1.96. The van der Waals surface area contributed by atoms with Crippen LogP contribution in [0, 0.1) is 9.85 Å². The summed E-state index contributed by atoms with van der Waals surface area (Å²) in [5.41, 5.74) is 2.46. The van der Waals surface area contributed by atoms with Crippen molar-refractivity contribution in [3.05, 3.63) is 35.4 Å². The van der Waals surface area contributed by atoms with Crippen LogP contribution in [-0.4, -0.2) is 0 Å². The van der Waals surface area contributed by atoms with Gasteiger partial charge in [0.2, 0.25) is 0 Å². The Labute approximate surface area is 87.5 Å². The average Bonchev–Trinajstić information content (AvgIpc) is 2.06. The standard InChI is InChI=1S/C11H11I/c1-9(2)11-5-3-10(4-6-11)7-8-12/h3-6,9H,1-2H3. The zero-order valence-corrected chi connectivity index (χ0v) is 9.42. The van der Waals surface area contributed by atoms with Gasteiger partial charge in [0.1, 0.15) is 0 Å². The SMILES string of the molecule is CC(C)c1ccc(C#CI)cc1. The second-order valence-electron chi connectivity index (χ2n) is 3.00. The molecule has 0 spiro atoms. The molecule has 1 heteroatoms. The van der Waals surface area contributed by atoms with Crippen LogP contribution in [0.1, 0.15) is 30.9 Å². The number of benzene rings is 1. The first-order valence-corrected chi connectivity index (χ1v) is 5.03. The lowest BCUT2D eigenvalue weighted by atomic mass is 10.0. The Balaban J connectivity index is 2.90. The minimum absolute atomic E-state index is 0.603. The lowest BCUT2D eigenvalue weighted by Crippen LogP contribution is -1.85. The highest BCUT2D eigenvalue weighted by Crippen LogP contribution is 2.14. The highest BCUT2D eigenvalue weighted by atomic mass is 127. The third kappa shape index (κ3) is 2.53. The molecule has 0 saturated heterocycles. The summed E-state index contributed by atoms with van der Waals surface area (Å²) in [6.45, 7) is 4.39. The van der Waals surface area contributed by atoms with Gasteiger partial charge < -0.3 is 0 Å². The summed E-state index contributed by atoms with van der Waals surface area (Å²) in [6.07, 6.45) is 0. The molecule has 0 fully saturated rings. The quantitative estimate of drug-likeness (QED) is 0.540. The fraction of sp³-hybridized carbons (Fsp3) is 0.273. The van der Waals surface area contributed by atoms with E-state index < -0.39 is 0 Å². The predicted molar refractivity (Wildman–Crippen MR) is 61.4 cm³/mol. The van der Waals surface area contributed by atoms with E-state index in [0.717, 1.165) is 5.56 Å². The molecule has 0 nitrogen and oxygen atoms in total. The van der Waals surface area contributed by atoms with Crippen molar-refractivity contribution < 1.29 is 0 Å². The Hall–Kier alpha value is -0.490. The first-order chi connectivity index (χ1) is 5.74. The fourth-order valence-electron chi connectivity index (χ4n) is 1.01. The second-order valence-corrected chi connectivity index (χ2v) is 3.54. The first kappa shape index (κ1) is 9.60. The zero-order chi connectivity index (χ0) is 8.97. The summed E-state index contributed by atoms with van der Waals surface area (Å²) in [4.78, 5) is 0. The molecule has 62 valence electrons. The molecule has 0 aliphatic heterocycles. The van der Waals surface area contributed by atoms with E-state index in [1.54, 1.807) is 0 Å². The number of hydrogen-bond donors (Lipinski definition) is 0. The summed E-state index contributed by atoms with van der Waals surface area (Å²) in [6, 6.07) is 8.42. The van der Waals surface area contributed by atoms with Gasteiger partial charge in [-0.15, -0.1) is 0 Å². The van der Waals surface area contributed by atoms with Crippen LogP contribution in [0.3, 0.4) is 0 Å². The Morgan fingerprint density at radius 1 is 1.17 bits per heavy atom. The monoisotopic (exact) mass is 270 g/mol. The summed E-state index contributed by atoms with van der Waals surface area (Å²) in [7, 11) is 0. The molecule has 0 unspecified atom stereocenters. The molecule has 1 aromatic rings. The van der Waals surface area contributed by atoms with E-state index in [0.29, 0.717) is 5.92 Å². The van der Waals surface area contributed by atoms with Crippen LogP contribution in [0.2, 0.25) is 0 Å². The Morgan fingerprint density at radius 3 is 2.17 bits per heavy atom. The molecule has 1 rings (SSSR count). The lowest BCUT2D eigenvalue weighted by Gasteiger charge is -2.03. The predicted octanol–water partition coefficient (Wildman–Crippen LogP) is 3.55. The van der Waals surface area contributed by atoms with Crippen molar-refractivity contribution in [3.63, 3.8) is 0 Å². The van der Waals surface area contributed by atoms with Gasteiger partial charge in [-0.05, 0) is 27.5 Å². The van der Waals surface area contributed by atoms with Gasteiger partial charge >= 0.3 is 0 Å². The van der Waals surface area contributed by atoms with Gasteiger partial charge in [-0.3, -0.25) is 0 Å². The molecule has 0 N–H and O–H groups in total. The molecule has 0 amide bonds. The molecule has 0 bridgehead atoms. The fourth-order valence-corrected chi connectivity index (χ4v) is 1.32. The topological polar surface area (TPSA) is 0 Å². The average molecular weight is 270 g/mol. The number of halogens is 1. The Morgan fingerprint density at radius 2 is 1.75 bits per heavy atom. The summed E-state index contributed by atoms with van der Waals surface area (Å²) >= 11 is 2.05. The van der Waals surface area contributed by atoms with Gasteiger partial charge in [-0.1, -0.05) is 31.9 Å². The van der Waals surface area contributed by atoms with Gasteiger partial charge in [0, 0.05) is 28.2 Å². The van der Waals surface area contributed by atoms with Crippen LogP contribution >= 0.6 is 22.6 Å². The zero-order valence-electron chi connectivity index (χ0n) is 7.26. The van der Waals surface area contributed by atoms with Gasteiger partial charge in [0.05, 0.1) is 0 Å². The van der Waals surface area contributed by atoms with E-state index >= 15 is 0 Å². The largest absolute Gasteiger partial charge is 0.0587 e. The van der Waals surface area contributed by atoms with E-state index in [2.05, 4.69) is 70.6 Å². The van der Waals surface area contributed by atoms with Crippen molar-refractivity contribution in [2.45, 2.75) is 19.8 Å². The van der Waals surface area contributed by atoms with Crippen LogP contribution in [0.15, 0.2) is 24.3 Å². The molecule has 0 saturated carbocycles. The molecule has 0 aromatic heterocycles. The van der Waals surface area contributed by atoms with E-state index in [9.17, 15) is 0 Å². The van der Waals surface area contributed by atoms with Crippen LogP contribution in [-0.2, 0) is 0 Å². The van der Waals surface area contributed by atoms with Crippen molar-refractivity contribution in [2.24, 2.45) is 0 Å². The third-order valence-corrected chi connectivity index (χ3v) is 2.04. The Bertz CT molecular complexity index is 298. The molecule has 0 atom stereocenters. The maximum Gasteiger partial charge on any atom is 0.0253 e. The van der Waals surface area contributed by atoms with Gasteiger partial charge in [-0.25, -0.2) is 0 Å². The minimum atomic E-state index is 0.603. The van der Waals surface area contributed by atoms with E-state index in [1.165, 1.54) is 5.56 Å². The molecule has 12 heavy (non-hydrogen) atoms. The molecule has 0 radical (unpaired) electrons. The number of rotatable bonds is 1. The van der Waals surface area contributed by atoms with Gasteiger partial charge in [0.25, 0.3) is 0 Å². The van der Waals surface area contributed by atoms with E-state index in [4.69, 9.17) is 0 Å². The van der Waals surface area contributed by atoms with E-state index in [-0.39, 0.29) is 0 Å². The van der Waals surface area contributed by atoms with Gasteiger partial charge in [0.15, 0.2) is 0 Å². The van der Waals surface area contributed by atoms with Crippen LogP contribution in [0.5, 0.6) is 0 Å². The van der Waals surface area contributed by atoms with Crippen molar-refractivity contribution in [1.29, 1.82) is 0 Å². The smallest absolute Gasteiger partial charge is 0.0253 e. The second kappa shape index (κ2) is 4.51. The molecule has 0 aliphatic rings.